The Kier molecular flexibility index (Phi) is 3.51. The van der Waals surface area contributed by atoms with E-state index in [0.29, 0.717) is 23.6 Å². The highest BCUT2D eigenvalue weighted by Gasteiger charge is 2.30. The lowest BCUT2D eigenvalue weighted by Gasteiger charge is -2.32. The van der Waals surface area contributed by atoms with Gasteiger partial charge in [-0.3, -0.25) is 9.59 Å². The maximum atomic E-state index is 12.6. The van der Waals surface area contributed by atoms with Crippen LogP contribution in [-0.2, 0) is 4.79 Å². The van der Waals surface area contributed by atoms with Crippen molar-refractivity contribution in [2.75, 3.05) is 13.1 Å². The van der Waals surface area contributed by atoms with Crippen molar-refractivity contribution >= 4 is 34.3 Å². The average molecular weight is 304 g/mol. The van der Waals surface area contributed by atoms with Crippen LogP contribution >= 0.6 is 11.6 Å². The fraction of sp³-hybridized carbons (Fsp3) is 0.267. The molecule has 1 saturated heterocycles. The molecule has 1 atom stereocenters. The molecular weight excluding hydrogens is 290 g/mol. The Morgan fingerprint density at radius 2 is 2.19 bits per heavy atom. The van der Waals surface area contributed by atoms with Crippen molar-refractivity contribution < 1.29 is 9.59 Å². The van der Waals surface area contributed by atoms with Gasteiger partial charge in [0.05, 0.1) is 10.5 Å². The number of hydrogen-bond donors (Lipinski definition) is 1. The lowest BCUT2D eigenvalue weighted by Crippen LogP contribution is -2.55. The topological polar surface area (TPSA) is 62.3 Å². The summed E-state index contributed by atoms with van der Waals surface area (Å²) in [4.78, 5) is 30.1. The van der Waals surface area contributed by atoms with Crippen molar-refractivity contribution in [1.29, 1.82) is 0 Å². The predicted octanol–water partition coefficient (Wildman–Crippen LogP) is 1.85. The van der Waals surface area contributed by atoms with Crippen LogP contribution < -0.4 is 5.32 Å². The Morgan fingerprint density at radius 1 is 1.43 bits per heavy atom. The van der Waals surface area contributed by atoms with E-state index in [1.165, 1.54) is 4.90 Å². The monoisotopic (exact) mass is 303 g/mol. The zero-order valence-corrected chi connectivity index (χ0v) is 12.2. The van der Waals surface area contributed by atoms with Gasteiger partial charge >= 0.3 is 0 Å². The Bertz CT molecular complexity index is 732. The summed E-state index contributed by atoms with van der Waals surface area (Å²) in [5, 5.41) is 4.02. The van der Waals surface area contributed by atoms with Crippen LogP contribution in [0.1, 0.15) is 17.4 Å². The van der Waals surface area contributed by atoms with Crippen molar-refractivity contribution in [2.24, 2.45) is 0 Å². The van der Waals surface area contributed by atoms with E-state index < -0.39 is 6.04 Å². The number of halogens is 1. The van der Waals surface area contributed by atoms with Crippen molar-refractivity contribution in [3.63, 3.8) is 0 Å². The van der Waals surface area contributed by atoms with Gasteiger partial charge in [0, 0.05) is 18.5 Å². The van der Waals surface area contributed by atoms with Crippen LogP contribution in [0.25, 0.3) is 10.9 Å². The van der Waals surface area contributed by atoms with Crippen LogP contribution in [0, 0.1) is 0 Å². The van der Waals surface area contributed by atoms with Gasteiger partial charge in [-0.25, -0.2) is 4.98 Å². The molecule has 5 nitrogen and oxygen atoms in total. The summed E-state index contributed by atoms with van der Waals surface area (Å²) in [7, 11) is 0. The van der Waals surface area contributed by atoms with Crippen molar-refractivity contribution in [1.82, 2.24) is 15.2 Å². The van der Waals surface area contributed by atoms with Gasteiger partial charge in [-0.1, -0.05) is 29.8 Å². The third-order valence-corrected chi connectivity index (χ3v) is 3.96. The van der Waals surface area contributed by atoms with E-state index in [-0.39, 0.29) is 17.5 Å². The number of hydrogen-bond acceptors (Lipinski definition) is 3. The molecule has 0 bridgehead atoms. The summed E-state index contributed by atoms with van der Waals surface area (Å²) in [6.45, 7) is 2.63. The van der Waals surface area contributed by atoms with Crippen LogP contribution in [0.15, 0.2) is 30.3 Å². The molecule has 0 saturated carbocycles. The summed E-state index contributed by atoms with van der Waals surface area (Å²) in [5.74, 6) is -0.425. The number of pyridine rings is 1. The maximum absolute atomic E-state index is 12.6. The number of carbonyl (C=O) groups is 2. The normalized spacial score (nSPS) is 18.7. The summed E-state index contributed by atoms with van der Waals surface area (Å²) in [6, 6.07) is 8.44. The van der Waals surface area contributed by atoms with E-state index in [0.717, 1.165) is 5.39 Å². The van der Waals surface area contributed by atoms with Gasteiger partial charge in [0.2, 0.25) is 5.91 Å². The highest BCUT2D eigenvalue weighted by molar-refractivity contribution is 6.35. The average Bonchev–Trinajstić information content (AvgIpc) is 2.49. The van der Waals surface area contributed by atoms with E-state index in [9.17, 15) is 9.59 Å². The second-order valence-electron chi connectivity index (χ2n) is 4.97. The molecule has 1 aliphatic rings. The number of carbonyl (C=O) groups excluding carboxylic acids is 2. The molecule has 1 unspecified atom stereocenters. The van der Waals surface area contributed by atoms with Crippen molar-refractivity contribution in [2.45, 2.75) is 13.0 Å². The first kappa shape index (κ1) is 13.8. The molecule has 0 spiro atoms. The predicted molar refractivity (Wildman–Crippen MR) is 80.3 cm³/mol. The van der Waals surface area contributed by atoms with Gasteiger partial charge in [-0.2, -0.15) is 0 Å². The number of piperazine rings is 1. The number of aromatic nitrogens is 1. The molecule has 1 aromatic heterocycles. The summed E-state index contributed by atoms with van der Waals surface area (Å²) in [5.41, 5.74) is 0.933. The highest BCUT2D eigenvalue weighted by Crippen LogP contribution is 2.23. The molecule has 1 N–H and O–H groups in total. The highest BCUT2D eigenvalue weighted by atomic mass is 35.5. The molecule has 1 aromatic carbocycles. The number of amides is 2. The third-order valence-electron chi connectivity index (χ3n) is 3.64. The molecule has 2 aromatic rings. The fourth-order valence-corrected chi connectivity index (χ4v) is 2.71. The number of fused-ring (bicyclic) bond motifs is 1. The van der Waals surface area contributed by atoms with Gasteiger partial charge in [0.15, 0.2) is 0 Å². The summed E-state index contributed by atoms with van der Waals surface area (Å²) in [6.07, 6.45) is 0. The maximum Gasteiger partial charge on any atom is 0.273 e. The Labute approximate surface area is 126 Å². The first-order valence-electron chi connectivity index (χ1n) is 6.72. The minimum atomic E-state index is -0.502. The SMILES string of the molecule is CC1C(=O)NCCN1C(=O)c1cc(Cl)c2ccccc2n1. The minimum Gasteiger partial charge on any atom is -0.353 e. The quantitative estimate of drug-likeness (QED) is 0.874. The molecule has 2 amide bonds. The standard InChI is InChI=1S/C15H14ClN3O2/c1-9-14(20)17-6-7-19(9)15(21)13-8-11(16)10-4-2-3-5-12(10)18-13/h2-5,8-9H,6-7H2,1H3,(H,17,20). The van der Waals surface area contributed by atoms with E-state index in [4.69, 9.17) is 11.6 Å². The largest absolute Gasteiger partial charge is 0.353 e. The lowest BCUT2D eigenvalue weighted by molar-refractivity contribution is -0.127. The molecule has 6 heteroatoms. The Morgan fingerprint density at radius 3 is 3.00 bits per heavy atom. The molecule has 3 rings (SSSR count). The molecule has 0 radical (unpaired) electrons. The third kappa shape index (κ3) is 2.45. The minimum absolute atomic E-state index is 0.151. The zero-order valence-electron chi connectivity index (χ0n) is 11.5. The molecule has 108 valence electrons. The lowest BCUT2D eigenvalue weighted by atomic mass is 10.1. The summed E-state index contributed by atoms with van der Waals surface area (Å²) >= 11 is 6.22. The van der Waals surface area contributed by atoms with Gasteiger partial charge < -0.3 is 10.2 Å². The number of rotatable bonds is 1. The second-order valence-corrected chi connectivity index (χ2v) is 5.38. The first-order valence-corrected chi connectivity index (χ1v) is 7.09. The zero-order chi connectivity index (χ0) is 15.0. The second kappa shape index (κ2) is 5.33. The first-order chi connectivity index (χ1) is 10.1. The molecular formula is C15H14ClN3O2. The van der Waals surface area contributed by atoms with Crippen molar-refractivity contribution in [3.05, 3.63) is 41.0 Å². The smallest absolute Gasteiger partial charge is 0.273 e. The van der Waals surface area contributed by atoms with Crippen LogP contribution in [0.3, 0.4) is 0 Å². The van der Waals surface area contributed by atoms with E-state index in [2.05, 4.69) is 10.3 Å². The molecule has 21 heavy (non-hydrogen) atoms. The number of nitrogens with one attached hydrogen (secondary N) is 1. The van der Waals surface area contributed by atoms with E-state index in [1.54, 1.807) is 13.0 Å². The van der Waals surface area contributed by atoms with Crippen LogP contribution in [0.4, 0.5) is 0 Å². The van der Waals surface area contributed by atoms with Gasteiger partial charge in [0.25, 0.3) is 5.91 Å². The van der Waals surface area contributed by atoms with Gasteiger partial charge in [-0.15, -0.1) is 0 Å². The molecule has 1 fully saturated rings. The van der Waals surface area contributed by atoms with Crippen LogP contribution in [0.5, 0.6) is 0 Å². The number of benzene rings is 1. The number of nitrogens with zero attached hydrogens (tertiary/aromatic N) is 2. The Balaban J connectivity index is 2.00. The van der Waals surface area contributed by atoms with Gasteiger partial charge in [0.1, 0.15) is 11.7 Å². The summed E-state index contributed by atoms with van der Waals surface area (Å²) < 4.78 is 0. The molecule has 0 aliphatic carbocycles. The number of para-hydroxylation sites is 1. The Hall–Kier alpha value is -2.14. The van der Waals surface area contributed by atoms with E-state index >= 15 is 0 Å². The van der Waals surface area contributed by atoms with Gasteiger partial charge in [-0.05, 0) is 19.1 Å². The molecule has 1 aliphatic heterocycles. The van der Waals surface area contributed by atoms with Crippen molar-refractivity contribution in [3.8, 4) is 0 Å². The fourth-order valence-electron chi connectivity index (χ4n) is 2.45. The molecule has 2 heterocycles. The van der Waals surface area contributed by atoms with E-state index in [1.807, 2.05) is 24.3 Å². The van der Waals surface area contributed by atoms with Crippen LogP contribution in [0.2, 0.25) is 5.02 Å². The van der Waals surface area contributed by atoms with Crippen LogP contribution in [-0.4, -0.2) is 40.8 Å².